The van der Waals surface area contributed by atoms with E-state index in [0.29, 0.717) is 5.69 Å². The van der Waals surface area contributed by atoms with Crippen LogP contribution in [0.4, 0.5) is 5.69 Å². The Bertz CT molecular complexity index is 707. The van der Waals surface area contributed by atoms with E-state index in [4.69, 9.17) is 4.55 Å². The fourth-order valence-electron chi connectivity index (χ4n) is 1.48. The second-order valence-corrected chi connectivity index (χ2v) is 5.35. The van der Waals surface area contributed by atoms with Crippen molar-refractivity contribution in [1.29, 1.82) is 0 Å². The fraction of sp³-hybridized carbons (Fsp3) is 0.0769. The van der Waals surface area contributed by atoms with Crippen LogP contribution in [0, 0.1) is 6.92 Å². The van der Waals surface area contributed by atoms with Crippen LogP contribution in [0.2, 0.25) is 0 Å². The minimum atomic E-state index is -4.16. The van der Waals surface area contributed by atoms with Gasteiger partial charge in [0, 0.05) is 5.69 Å². The van der Waals surface area contributed by atoms with Crippen molar-refractivity contribution in [2.75, 3.05) is 0 Å². The number of benzene rings is 1. The van der Waals surface area contributed by atoms with Gasteiger partial charge >= 0.3 is 0 Å². The Labute approximate surface area is 111 Å². The standard InChI is InChI=1S/C13H12N2O3S/c1-10-3-2-4-12(15-10)9-14-11-5-7-13(8-6-11)19(16,17)18/h2-9H,1H3,(H,16,17,18). The van der Waals surface area contributed by atoms with Crippen LogP contribution in [0.1, 0.15) is 11.4 Å². The largest absolute Gasteiger partial charge is 0.294 e. The average Bonchev–Trinajstić information content (AvgIpc) is 2.36. The van der Waals surface area contributed by atoms with E-state index in [1.807, 2.05) is 25.1 Å². The van der Waals surface area contributed by atoms with Crippen LogP contribution in [-0.2, 0) is 10.1 Å². The molecule has 0 radical (unpaired) electrons. The smallest absolute Gasteiger partial charge is 0.282 e. The van der Waals surface area contributed by atoms with Crippen molar-refractivity contribution >= 4 is 22.0 Å². The highest BCUT2D eigenvalue weighted by molar-refractivity contribution is 7.85. The minimum absolute atomic E-state index is 0.153. The Morgan fingerprint density at radius 2 is 1.84 bits per heavy atom. The highest BCUT2D eigenvalue weighted by Crippen LogP contribution is 2.16. The zero-order valence-electron chi connectivity index (χ0n) is 10.2. The lowest BCUT2D eigenvalue weighted by molar-refractivity contribution is 0.483. The van der Waals surface area contributed by atoms with Crippen LogP contribution < -0.4 is 0 Å². The second-order valence-electron chi connectivity index (χ2n) is 3.93. The van der Waals surface area contributed by atoms with Crippen molar-refractivity contribution < 1.29 is 13.0 Å². The lowest BCUT2D eigenvalue weighted by atomic mass is 10.3. The molecule has 1 heterocycles. The first-order valence-corrected chi connectivity index (χ1v) is 6.94. The van der Waals surface area contributed by atoms with E-state index in [-0.39, 0.29) is 4.90 Å². The molecular formula is C13H12N2O3S. The number of hydrogen-bond donors (Lipinski definition) is 1. The molecule has 2 aromatic rings. The summed E-state index contributed by atoms with van der Waals surface area (Å²) in [4.78, 5) is 8.28. The molecule has 0 saturated carbocycles. The van der Waals surface area contributed by atoms with Crippen LogP contribution in [-0.4, -0.2) is 24.2 Å². The van der Waals surface area contributed by atoms with Gasteiger partial charge in [0.2, 0.25) is 0 Å². The molecule has 0 aliphatic rings. The van der Waals surface area contributed by atoms with E-state index in [1.54, 1.807) is 6.21 Å². The summed E-state index contributed by atoms with van der Waals surface area (Å²) in [5.74, 6) is 0. The molecule has 0 aliphatic carbocycles. The van der Waals surface area contributed by atoms with Gasteiger partial charge in [0.25, 0.3) is 10.1 Å². The van der Waals surface area contributed by atoms with Gasteiger partial charge in [-0.25, -0.2) is 0 Å². The molecule has 2 rings (SSSR count). The van der Waals surface area contributed by atoms with E-state index in [2.05, 4.69) is 9.98 Å². The Hall–Kier alpha value is -2.05. The molecule has 6 heteroatoms. The Morgan fingerprint density at radius 1 is 1.16 bits per heavy atom. The number of rotatable bonds is 3. The lowest BCUT2D eigenvalue weighted by Crippen LogP contribution is -1.96. The quantitative estimate of drug-likeness (QED) is 0.689. The van der Waals surface area contributed by atoms with Gasteiger partial charge in [-0.1, -0.05) is 6.07 Å². The summed E-state index contributed by atoms with van der Waals surface area (Å²) < 4.78 is 30.6. The van der Waals surface area contributed by atoms with E-state index in [0.717, 1.165) is 11.4 Å². The fourth-order valence-corrected chi connectivity index (χ4v) is 1.96. The van der Waals surface area contributed by atoms with Gasteiger partial charge in [0.05, 0.1) is 22.5 Å². The minimum Gasteiger partial charge on any atom is -0.282 e. The van der Waals surface area contributed by atoms with Crippen molar-refractivity contribution in [3.05, 3.63) is 53.9 Å². The maximum absolute atomic E-state index is 10.9. The van der Waals surface area contributed by atoms with Crippen LogP contribution in [0.5, 0.6) is 0 Å². The third-order valence-corrected chi connectivity index (χ3v) is 3.26. The van der Waals surface area contributed by atoms with Crippen LogP contribution in [0.3, 0.4) is 0 Å². The zero-order chi connectivity index (χ0) is 13.9. The average molecular weight is 276 g/mol. The third-order valence-electron chi connectivity index (χ3n) is 2.39. The van der Waals surface area contributed by atoms with E-state index < -0.39 is 10.1 Å². The number of nitrogens with zero attached hydrogens (tertiary/aromatic N) is 2. The Morgan fingerprint density at radius 3 is 2.42 bits per heavy atom. The number of aliphatic imine (C=N–C) groups is 1. The van der Waals surface area contributed by atoms with Crippen LogP contribution in [0.25, 0.3) is 0 Å². The monoisotopic (exact) mass is 276 g/mol. The topological polar surface area (TPSA) is 79.6 Å². The van der Waals surface area contributed by atoms with Gasteiger partial charge in [0.15, 0.2) is 0 Å². The van der Waals surface area contributed by atoms with Crippen LogP contribution >= 0.6 is 0 Å². The molecule has 98 valence electrons. The van der Waals surface area contributed by atoms with Gasteiger partial charge in [0.1, 0.15) is 0 Å². The Balaban J connectivity index is 2.20. The number of aryl methyl sites for hydroxylation is 1. The molecule has 0 amide bonds. The van der Waals surface area contributed by atoms with Crippen LogP contribution in [0.15, 0.2) is 52.4 Å². The molecule has 19 heavy (non-hydrogen) atoms. The van der Waals surface area contributed by atoms with E-state index in [1.165, 1.54) is 24.3 Å². The lowest BCUT2D eigenvalue weighted by Gasteiger charge is -1.98. The zero-order valence-corrected chi connectivity index (χ0v) is 11.0. The maximum atomic E-state index is 10.9. The third kappa shape index (κ3) is 3.70. The van der Waals surface area contributed by atoms with E-state index >= 15 is 0 Å². The summed E-state index contributed by atoms with van der Waals surface area (Å²) >= 11 is 0. The van der Waals surface area contributed by atoms with E-state index in [9.17, 15) is 8.42 Å². The predicted octanol–water partition coefficient (Wildman–Crippen LogP) is 2.39. The number of aromatic nitrogens is 1. The molecule has 5 nitrogen and oxygen atoms in total. The first-order chi connectivity index (χ1) is 8.95. The van der Waals surface area contributed by atoms with Crippen molar-refractivity contribution in [2.45, 2.75) is 11.8 Å². The first-order valence-electron chi connectivity index (χ1n) is 5.50. The summed E-state index contributed by atoms with van der Waals surface area (Å²) in [6, 6.07) is 11.2. The maximum Gasteiger partial charge on any atom is 0.294 e. The molecule has 0 atom stereocenters. The van der Waals surface area contributed by atoms with Crippen molar-refractivity contribution in [3.8, 4) is 0 Å². The molecular weight excluding hydrogens is 264 g/mol. The van der Waals surface area contributed by atoms with Gasteiger partial charge in [-0.2, -0.15) is 8.42 Å². The van der Waals surface area contributed by atoms with Gasteiger partial charge < -0.3 is 0 Å². The van der Waals surface area contributed by atoms with Crippen molar-refractivity contribution in [1.82, 2.24) is 4.98 Å². The summed E-state index contributed by atoms with van der Waals surface area (Å²) in [6.07, 6.45) is 1.59. The molecule has 0 spiro atoms. The highest BCUT2D eigenvalue weighted by Gasteiger charge is 2.07. The molecule has 0 fully saturated rings. The van der Waals surface area contributed by atoms with Gasteiger partial charge in [-0.15, -0.1) is 0 Å². The SMILES string of the molecule is Cc1cccc(C=Nc2ccc(S(=O)(=O)O)cc2)n1. The molecule has 1 aromatic heterocycles. The molecule has 0 unspecified atom stereocenters. The van der Waals surface area contributed by atoms with Crippen molar-refractivity contribution in [2.24, 2.45) is 4.99 Å². The summed E-state index contributed by atoms with van der Waals surface area (Å²) in [7, 11) is -4.16. The number of pyridine rings is 1. The van der Waals surface area contributed by atoms with Gasteiger partial charge in [-0.3, -0.25) is 14.5 Å². The first kappa shape index (κ1) is 13.4. The summed E-state index contributed by atoms with van der Waals surface area (Å²) in [5, 5.41) is 0. The predicted molar refractivity (Wildman–Crippen MR) is 72.5 cm³/mol. The summed E-state index contributed by atoms with van der Waals surface area (Å²) in [5.41, 5.74) is 2.19. The number of hydrogen-bond acceptors (Lipinski definition) is 4. The molecule has 1 aromatic carbocycles. The Kier molecular flexibility index (Phi) is 3.73. The van der Waals surface area contributed by atoms with Gasteiger partial charge in [-0.05, 0) is 43.3 Å². The normalized spacial score (nSPS) is 11.9. The molecule has 0 bridgehead atoms. The molecule has 1 N–H and O–H groups in total. The molecule has 0 saturated heterocycles. The second kappa shape index (κ2) is 5.29. The van der Waals surface area contributed by atoms with Crippen molar-refractivity contribution in [3.63, 3.8) is 0 Å². The summed E-state index contributed by atoms with van der Waals surface area (Å²) in [6.45, 7) is 1.89. The highest BCUT2D eigenvalue weighted by atomic mass is 32.2. The molecule has 0 aliphatic heterocycles.